The summed E-state index contributed by atoms with van der Waals surface area (Å²) in [6, 6.07) is 4.12. The second kappa shape index (κ2) is 4.44. The molecule has 0 aliphatic carbocycles. The Bertz CT molecular complexity index is 570. The van der Waals surface area contributed by atoms with Gasteiger partial charge in [0.15, 0.2) is 5.15 Å². The van der Waals surface area contributed by atoms with Crippen molar-refractivity contribution in [2.24, 2.45) is 0 Å². The molecule has 0 radical (unpaired) electrons. The van der Waals surface area contributed by atoms with Crippen LogP contribution in [0.25, 0.3) is 5.52 Å². The second-order valence-electron chi connectivity index (χ2n) is 4.96. The minimum atomic E-state index is 0.461. The van der Waals surface area contributed by atoms with Gasteiger partial charge in [0.2, 0.25) is 0 Å². The van der Waals surface area contributed by atoms with Gasteiger partial charge in [-0.15, -0.1) is 0 Å². The van der Waals surface area contributed by atoms with Crippen LogP contribution in [0.4, 0.5) is 5.69 Å². The average molecular weight is 265 g/mol. The van der Waals surface area contributed by atoms with Gasteiger partial charge in [-0.2, -0.15) is 0 Å². The number of rotatable bonds is 2. The molecule has 1 unspecified atom stereocenters. The first-order valence-electron chi connectivity index (χ1n) is 6.23. The molecule has 18 heavy (non-hydrogen) atoms. The van der Waals surface area contributed by atoms with E-state index >= 15 is 0 Å². The van der Waals surface area contributed by atoms with Crippen molar-refractivity contribution in [1.82, 2.24) is 14.7 Å². The highest BCUT2D eigenvalue weighted by molar-refractivity contribution is 6.33. The van der Waals surface area contributed by atoms with E-state index in [1.54, 1.807) is 0 Å². The molecule has 1 atom stereocenters. The summed E-state index contributed by atoms with van der Waals surface area (Å²) in [5.74, 6) is 1.53. The molecule has 1 aliphatic rings. The summed E-state index contributed by atoms with van der Waals surface area (Å²) in [5.41, 5.74) is 2.11. The highest BCUT2D eigenvalue weighted by Gasteiger charge is 2.23. The lowest BCUT2D eigenvalue weighted by Gasteiger charge is -2.15. The number of nitrogens with one attached hydrogen (secondary N) is 1. The lowest BCUT2D eigenvalue weighted by Crippen LogP contribution is -2.12. The number of fused-ring (bicyclic) bond motifs is 1. The minimum Gasteiger partial charge on any atom is -0.376 e. The van der Waals surface area contributed by atoms with E-state index in [2.05, 4.69) is 31.9 Å². The van der Waals surface area contributed by atoms with Crippen LogP contribution in [0.2, 0.25) is 5.15 Å². The number of hydrogen-bond acceptors (Lipinski definition) is 3. The van der Waals surface area contributed by atoms with E-state index in [-0.39, 0.29) is 0 Å². The molecule has 1 N–H and O–H groups in total. The van der Waals surface area contributed by atoms with Gasteiger partial charge in [-0.05, 0) is 25.1 Å². The number of pyridine rings is 1. The summed E-state index contributed by atoms with van der Waals surface area (Å²) in [6.07, 6.45) is 3.18. The smallest absolute Gasteiger partial charge is 0.157 e. The Labute approximate surface area is 112 Å². The fraction of sp³-hybridized carbons (Fsp3) is 0.462. The van der Waals surface area contributed by atoms with Gasteiger partial charge >= 0.3 is 0 Å². The Morgan fingerprint density at radius 3 is 3.00 bits per heavy atom. The quantitative estimate of drug-likeness (QED) is 0.902. The molecule has 0 aromatic carbocycles. The summed E-state index contributed by atoms with van der Waals surface area (Å²) in [5, 5.41) is 3.97. The van der Waals surface area contributed by atoms with E-state index in [4.69, 9.17) is 11.6 Å². The van der Waals surface area contributed by atoms with Crippen LogP contribution in [-0.2, 0) is 0 Å². The Kier molecular flexibility index (Phi) is 2.92. The Morgan fingerprint density at radius 2 is 2.33 bits per heavy atom. The molecule has 0 bridgehead atoms. The molecular weight excluding hydrogens is 248 g/mol. The van der Waals surface area contributed by atoms with E-state index < -0.39 is 0 Å². The molecule has 1 fully saturated rings. The predicted octanol–water partition coefficient (Wildman–Crippen LogP) is 2.13. The fourth-order valence-electron chi connectivity index (χ4n) is 2.62. The van der Waals surface area contributed by atoms with Gasteiger partial charge in [0, 0.05) is 32.8 Å². The number of anilines is 1. The molecule has 4 nitrogen and oxygen atoms in total. The van der Waals surface area contributed by atoms with E-state index in [0.717, 1.165) is 36.5 Å². The lowest BCUT2D eigenvalue weighted by molar-refractivity contribution is 0.698. The van der Waals surface area contributed by atoms with Crippen LogP contribution in [0.15, 0.2) is 18.3 Å². The zero-order valence-electron chi connectivity index (χ0n) is 10.7. The van der Waals surface area contributed by atoms with Crippen LogP contribution in [0.3, 0.4) is 0 Å². The molecule has 1 saturated heterocycles. The number of nitrogens with zero attached hydrogens (tertiary/aromatic N) is 3. The molecule has 0 saturated carbocycles. The van der Waals surface area contributed by atoms with Crippen LogP contribution in [0.5, 0.6) is 0 Å². The van der Waals surface area contributed by atoms with Crippen molar-refractivity contribution in [3.63, 3.8) is 0 Å². The monoisotopic (exact) mass is 264 g/mol. The maximum absolute atomic E-state index is 6.33. The van der Waals surface area contributed by atoms with E-state index in [1.165, 1.54) is 0 Å². The van der Waals surface area contributed by atoms with Gasteiger partial charge in [-0.1, -0.05) is 11.6 Å². The molecule has 2 aromatic heterocycles. The third kappa shape index (κ3) is 1.76. The number of hydrogen-bond donors (Lipinski definition) is 1. The van der Waals surface area contributed by atoms with Crippen LogP contribution in [-0.4, -0.2) is 36.6 Å². The first kappa shape index (κ1) is 11.8. The maximum atomic E-state index is 6.33. The Morgan fingerprint density at radius 1 is 1.50 bits per heavy atom. The zero-order valence-corrected chi connectivity index (χ0v) is 11.4. The van der Waals surface area contributed by atoms with Crippen LogP contribution >= 0.6 is 11.6 Å². The lowest BCUT2D eigenvalue weighted by atomic mass is 10.1. The molecule has 5 heteroatoms. The Hall–Kier alpha value is -1.26. The summed E-state index contributed by atoms with van der Waals surface area (Å²) in [7, 11) is 4.05. The van der Waals surface area contributed by atoms with Crippen molar-refractivity contribution in [3.05, 3.63) is 29.3 Å². The molecule has 3 rings (SSSR count). The van der Waals surface area contributed by atoms with Gasteiger partial charge in [-0.25, -0.2) is 4.98 Å². The SMILES string of the molecule is CN(C)c1cccn2c(C3CCNC3)nc(Cl)c12. The Balaban J connectivity index is 2.20. The maximum Gasteiger partial charge on any atom is 0.157 e. The fourth-order valence-corrected chi connectivity index (χ4v) is 2.90. The van der Waals surface area contributed by atoms with Crippen molar-refractivity contribution in [2.75, 3.05) is 32.1 Å². The molecular formula is C13H17ClN4. The third-order valence-electron chi connectivity index (χ3n) is 3.53. The molecule has 96 valence electrons. The summed E-state index contributed by atoms with van der Waals surface area (Å²) in [4.78, 5) is 6.65. The molecule has 0 spiro atoms. The molecule has 2 aromatic rings. The first-order valence-corrected chi connectivity index (χ1v) is 6.61. The van der Waals surface area contributed by atoms with Gasteiger partial charge < -0.3 is 14.6 Å². The standard InChI is InChI=1S/C13H17ClN4/c1-17(2)10-4-3-7-18-11(10)12(14)16-13(18)9-5-6-15-8-9/h3-4,7,9,15H,5-6,8H2,1-2H3. The highest BCUT2D eigenvalue weighted by atomic mass is 35.5. The normalized spacial score (nSPS) is 19.6. The van der Waals surface area contributed by atoms with Gasteiger partial charge in [0.25, 0.3) is 0 Å². The average Bonchev–Trinajstić information content (AvgIpc) is 2.97. The van der Waals surface area contributed by atoms with Crippen molar-refractivity contribution >= 4 is 22.8 Å². The van der Waals surface area contributed by atoms with Gasteiger partial charge in [-0.3, -0.25) is 0 Å². The number of imidazole rings is 1. The second-order valence-corrected chi connectivity index (χ2v) is 5.32. The molecule has 3 heterocycles. The zero-order chi connectivity index (χ0) is 12.7. The van der Waals surface area contributed by atoms with E-state index in [1.807, 2.05) is 20.2 Å². The van der Waals surface area contributed by atoms with Crippen LogP contribution in [0, 0.1) is 0 Å². The predicted molar refractivity (Wildman–Crippen MR) is 74.8 cm³/mol. The third-order valence-corrected chi connectivity index (χ3v) is 3.80. The molecule has 0 amide bonds. The van der Waals surface area contributed by atoms with Crippen LogP contribution in [0.1, 0.15) is 18.2 Å². The van der Waals surface area contributed by atoms with Gasteiger partial charge in [0.1, 0.15) is 11.3 Å². The topological polar surface area (TPSA) is 32.6 Å². The summed E-state index contributed by atoms with van der Waals surface area (Å²) < 4.78 is 2.13. The van der Waals surface area contributed by atoms with Crippen molar-refractivity contribution < 1.29 is 0 Å². The van der Waals surface area contributed by atoms with Gasteiger partial charge in [0.05, 0.1) is 5.69 Å². The first-order chi connectivity index (χ1) is 8.68. The highest BCUT2D eigenvalue weighted by Crippen LogP contribution is 2.31. The molecule has 1 aliphatic heterocycles. The van der Waals surface area contributed by atoms with Crippen molar-refractivity contribution in [1.29, 1.82) is 0 Å². The van der Waals surface area contributed by atoms with E-state index in [0.29, 0.717) is 11.1 Å². The van der Waals surface area contributed by atoms with E-state index in [9.17, 15) is 0 Å². The van der Waals surface area contributed by atoms with Crippen molar-refractivity contribution in [2.45, 2.75) is 12.3 Å². The largest absolute Gasteiger partial charge is 0.376 e. The van der Waals surface area contributed by atoms with Crippen molar-refractivity contribution in [3.8, 4) is 0 Å². The summed E-state index contributed by atoms with van der Waals surface area (Å²) in [6.45, 7) is 2.05. The number of aromatic nitrogens is 2. The minimum absolute atomic E-state index is 0.461. The summed E-state index contributed by atoms with van der Waals surface area (Å²) >= 11 is 6.33. The van der Waals surface area contributed by atoms with Crippen LogP contribution < -0.4 is 10.2 Å². The number of halogens is 1.